The number of hydrogen-bond donors (Lipinski definition) is 1. The summed E-state index contributed by atoms with van der Waals surface area (Å²) in [7, 11) is 0. The fourth-order valence-electron chi connectivity index (χ4n) is 2.80. The van der Waals surface area contributed by atoms with Gasteiger partial charge in [-0.15, -0.1) is 0 Å². The average Bonchev–Trinajstić information content (AvgIpc) is 2.70. The molecule has 0 aromatic heterocycles. The van der Waals surface area contributed by atoms with E-state index in [1.165, 1.54) is 0 Å². The highest BCUT2D eigenvalue weighted by Gasteiger charge is 2.20. The van der Waals surface area contributed by atoms with E-state index >= 15 is 0 Å². The molecule has 3 aromatic carbocycles. The van der Waals surface area contributed by atoms with Crippen LogP contribution in [0.1, 0.15) is 12.5 Å². The summed E-state index contributed by atoms with van der Waals surface area (Å²) in [6.45, 7) is 2.52. The molecule has 4 heteroatoms. The topological polar surface area (TPSA) is 55.8 Å². The molecule has 0 aliphatic heterocycles. The lowest BCUT2D eigenvalue weighted by molar-refractivity contribution is -0.145. The van der Waals surface area contributed by atoms with E-state index in [0.29, 0.717) is 12.4 Å². The summed E-state index contributed by atoms with van der Waals surface area (Å²) in [4.78, 5) is 11.6. The van der Waals surface area contributed by atoms with E-state index in [0.717, 1.165) is 22.4 Å². The second kappa shape index (κ2) is 8.90. The molecule has 0 aliphatic rings. The molecule has 0 amide bonds. The summed E-state index contributed by atoms with van der Waals surface area (Å²) in [5.74, 6) is 0.314. The molecule has 0 bridgehead atoms. The summed E-state index contributed by atoms with van der Waals surface area (Å²) < 4.78 is 11.1. The van der Waals surface area contributed by atoms with Crippen molar-refractivity contribution in [1.82, 2.24) is 0 Å². The molecule has 0 unspecified atom stereocenters. The number of carboxylic acid groups (broad SMARTS) is 1. The van der Waals surface area contributed by atoms with Crippen molar-refractivity contribution in [3.05, 3.63) is 84.4 Å². The van der Waals surface area contributed by atoms with E-state index in [-0.39, 0.29) is 6.42 Å². The van der Waals surface area contributed by atoms with Gasteiger partial charge < -0.3 is 14.6 Å². The Morgan fingerprint density at radius 1 is 0.852 bits per heavy atom. The zero-order valence-corrected chi connectivity index (χ0v) is 15.2. The van der Waals surface area contributed by atoms with Crippen LogP contribution in [0, 0.1) is 0 Å². The number of benzene rings is 3. The maximum absolute atomic E-state index is 11.6. The Balaban J connectivity index is 1.68. The van der Waals surface area contributed by atoms with Gasteiger partial charge >= 0.3 is 5.97 Å². The molecule has 1 N–H and O–H groups in total. The van der Waals surface area contributed by atoms with Crippen LogP contribution in [-0.4, -0.2) is 23.8 Å². The van der Waals surface area contributed by atoms with Gasteiger partial charge in [-0.2, -0.15) is 0 Å². The number of hydrogen-bond acceptors (Lipinski definition) is 3. The molecule has 0 saturated carbocycles. The molecule has 27 heavy (non-hydrogen) atoms. The summed E-state index contributed by atoms with van der Waals surface area (Å²) >= 11 is 0. The van der Waals surface area contributed by atoms with Gasteiger partial charge in [0.25, 0.3) is 0 Å². The molecule has 0 saturated heterocycles. The number of carbonyl (C=O) groups is 1. The fraction of sp³-hybridized carbons (Fsp3) is 0.174. The third-order valence-corrected chi connectivity index (χ3v) is 4.17. The van der Waals surface area contributed by atoms with Gasteiger partial charge in [-0.25, -0.2) is 4.79 Å². The highest BCUT2D eigenvalue weighted by molar-refractivity contribution is 5.73. The quantitative estimate of drug-likeness (QED) is 0.624. The van der Waals surface area contributed by atoms with Gasteiger partial charge in [0, 0.05) is 6.42 Å². The van der Waals surface area contributed by atoms with Crippen LogP contribution in [0.2, 0.25) is 0 Å². The van der Waals surface area contributed by atoms with E-state index in [2.05, 4.69) is 0 Å². The zero-order valence-electron chi connectivity index (χ0n) is 15.2. The van der Waals surface area contributed by atoms with Gasteiger partial charge in [-0.05, 0) is 47.9 Å². The summed E-state index contributed by atoms with van der Waals surface area (Å²) in [5, 5.41) is 9.52. The van der Waals surface area contributed by atoms with E-state index in [1.807, 2.05) is 73.7 Å². The van der Waals surface area contributed by atoms with Crippen molar-refractivity contribution >= 4 is 5.97 Å². The lowest BCUT2D eigenvalue weighted by Gasteiger charge is -2.16. The maximum Gasteiger partial charge on any atom is 0.345 e. The Morgan fingerprint density at radius 2 is 1.44 bits per heavy atom. The van der Waals surface area contributed by atoms with Crippen LogP contribution in [0.3, 0.4) is 0 Å². The van der Waals surface area contributed by atoms with Crippen molar-refractivity contribution in [2.24, 2.45) is 0 Å². The minimum absolute atomic E-state index is 0.280. The Hall–Kier alpha value is -3.27. The molecular formula is C23H22O4. The lowest BCUT2D eigenvalue weighted by atomic mass is 10.1. The third-order valence-electron chi connectivity index (χ3n) is 4.17. The highest BCUT2D eigenvalue weighted by atomic mass is 16.5. The van der Waals surface area contributed by atoms with Crippen LogP contribution >= 0.6 is 0 Å². The average molecular weight is 362 g/mol. The first-order valence-corrected chi connectivity index (χ1v) is 8.92. The van der Waals surface area contributed by atoms with E-state index in [1.54, 1.807) is 12.1 Å². The van der Waals surface area contributed by atoms with E-state index in [4.69, 9.17) is 9.47 Å². The van der Waals surface area contributed by atoms with Crippen LogP contribution in [0.5, 0.6) is 11.5 Å². The van der Waals surface area contributed by atoms with Gasteiger partial charge in [-0.3, -0.25) is 0 Å². The van der Waals surface area contributed by atoms with Crippen molar-refractivity contribution < 1.29 is 19.4 Å². The predicted octanol–water partition coefficient (Wildman–Crippen LogP) is 4.83. The first-order valence-electron chi connectivity index (χ1n) is 8.92. The molecule has 4 nitrogen and oxygen atoms in total. The summed E-state index contributed by atoms with van der Waals surface area (Å²) in [5.41, 5.74) is 3.04. The van der Waals surface area contributed by atoms with Crippen LogP contribution < -0.4 is 9.47 Å². The first-order chi connectivity index (χ1) is 13.2. The lowest BCUT2D eigenvalue weighted by Crippen LogP contribution is -2.29. The molecular weight excluding hydrogens is 340 g/mol. The second-order valence-electron chi connectivity index (χ2n) is 6.12. The van der Waals surface area contributed by atoms with Crippen molar-refractivity contribution in [2.45, 2.75) is 19.4 Å². The molecule has 1 atom stereocenters. The van der Waals surface area contributed by atoms with Gasteiger partial charge in [0.05, 0.1) is 6.61 Å². The zero-order chi connectivity index (χ0) is 19.1. The standard InChI is InChI=1S/C23H22O4/c1-2-26-20-12-8-17(9-13-20)16-22(23(24)25)27-21-14-10-19(11-15-21)18-6-4-3-5-7-18/h3-15,22H,2,16H2,1H3,(H,24,25)/t22-/m1/s1. The molecule has 138 valence electrons. The number of aliphatic carboxylic acids is 1. The predicted molar refractivity (Wildman–Crippen MR) is 105 cm³/mol. The number of carboxylic acids is 1. The van der Waals surface area contributed by atoms with Crippen molar-refractivity contribution in [1.29, 1.82) is 0 Å². The summed E-state index contributed by atoms with van der Waals surface area (Å²) in [6.07, 6.45) is -0.673. The van der Waals surface area contributed by atoms with Crippen molar-refractivity contribution in [2.75, 3.05) is 6.61 Å². The Morgan fingerprint density at radius 3 is 2.04 bits per heavy atom. The molecule has 0 heterocycles. The highest BCUT2D eigenvalue weighted by Crippen LogP contribution is 2.23. The monoisotopic (exact) mass is 362 g/mol. The van der Waals surface area contributed by atoms with Gasteiger partial charge in [0.15, 0.2) is 6.10 Å². The minimum Gasteiger partial charge on any atom is -0.494 e. The molecule has 3 aromatic rings. The fourth-order valence-corrected chi connectivity index (χ4v) is 2.80. The Bertz CT molecular complexity index is 855. The van der Waals surface area contributed by atoms with E-state index < -0.39 is 12.1 Å². The molecule has 0 radical (unpaired) electrons. The third kappa shape index (κ3) is 5.11. The van der Waals surface area contributed by atoms with Gasteiger partial charge in [0.2, 0.25) is 0 Å². The second-order valence-corrected chi connectivity index (χ2v) is 6.12. The number of ether oxygens (including phenoxy) is 2. The number of rotatable bonds is 8. The first kappa shape index (κ1) is 18.5. The van der Waals surface area contributed by atoms with Crippen LogP contribution in [-0.2, 0) is 11.2 Å². The largest absolute Gasteiger partial charge is 0.494 e. The van der Waals surface area contributed by atoms with Crippen LogP contribution in [0.4, 0.5) is 0 Å². The van der Waals surface area contributed by atoms with Crippen molar-refractivity contribution in [3.8, 4) is 22.6 Å². The van der Waals surface area contributed by atoms with Gasteiger partial charge in [0.1, 0.15) is 11.5 Å². The molecule has 3 rings (SSSR count). The van der Waals surface area contributed by atoms with E-state index in [9.17, 15) is 9.90 Å². The van der Waals surface area contributed by atoms with Crippen LogP contribution in [0.25, 0.3) is 11.1 Å². The Kier molecular flexibility index (Phi) is 6.10. The smallest absolute Gasteiger partial charge is 0.345 e. The van der Waals surface area contributed by atoms with Crippen molar-refractivity contribution in [3.63, 3.8) is 0 Å². The Labute approximate surface area is 159 Å². The molecule has 0 spiro atoms. The molecule has 0 fully saturated rings. The maximum atomic E-state index is 11.6. The minimum atomic E-state index is -0.990. The SMILES string of the molecule is CCOc1ccc(C[C@@H](Oc2ccc(-c3ccccc3)cc2)C(=O)O)cc1. The van der Waals surface area contributed by atoms with Gasteiger partial charge in [-0.1, -0.05) is 54.6 Å². The summed E-state index contributed by atoms with van der Waals surface area (Å²) in [6, 6.07) is 24.9. The van der Waals surface area contributed by atoms with Crippen LogP contribution in [0.15, 0.2) is 78.9 Å². The normalized spacial score (nSPS) is 11.6. The molecule has 0 aliphatic carbocycles.